The fraction of sp³-hybridized carbons (Fsp3) is 0.231. The van der Waals surface area contributed by atoms with E-state index in [0.717, 1.165) is 21.6 Å². The van der Waals surface area contributed by atoms with Crippen LogP contribution < -0.4 is 5.73 Å². The number of aryl methyl sites for hydroxylation is 1. The molecule has 84 valence electrons. The summed E-state index contributed by atoms with van der Waals surface area (Å²) in [5.41, 5.74) is 8.03. The Morgan fingerprint density at radius 2 is 2.00 bits per heavy atom. The Kier molecular flexibility index (Phi) is 3.17. The van der Waals surface area contributed by atoms with Crippen LogP contribution in [0.1, 0.15) is 24.3 Å². The molecular weight excluding hydrogens is 266 g/mol. The molecule has 1 heterocycles. The molecule has 0 amide bonds. The van der Waals surface area contributed by atoms with Crippen molar-refractivity contribution in [2.24, 2.45) is 5.73 Å². The molecule has 0 spiro atoms. The van der Waals surface area contributed by atoms with E-state index in [0.29, 0.717) is 0 Å². The molecule has 16 heavy (non-hydrogen) atoms. The average molecular weight is 280 g/mol. The van der Waals surface area contributed by atoms with Crippen LogP contribution in [0.3, 0.4) is 0 Å². The molecule has 1 aromatic heterocycles. The average Bonchev–Trinajstić information content (AvgIpc) is 2.66. The summed E-state index contributed by atoms with van der Waals surface area (Å²) in [6.07, 6.45) is 0. The highest BCUT2D eigenvalue weighted by Crippen LogP contribution is 2.31. The quantitative estimate of drug-likeness (QED) is 0.901. The number of benzene rings is 1. The fourth-order valence-electron chi connectivity index (χ4n) is 1.56. The van der Waals surface area contributed by atoms with Crippen molar-refractivity contribution in [2.45, 2.75) is 19.9 Å². The van der Waals surface area contributed by atoms with Crippen molar-refractivity contribution in [3.63, 3.8) is 0 Å². The second kappa shape index (κ2) is 4.44. The third kappa shape index (κ3) is 2.20. The molecule has 3 heteroatoms. The van der Waals surface area contributed by atoms with Crippen LogP contribution in [0.4, 0.5) is 0 Å². The van der Waals surface area contributed by atoms with Gasteiger partial charge < -0.3 is 10.2 Å². The van der Waals surface area contributed by atoms with E-state index in [4.69, 9.17) is 10.2 Å². The van der Waals surface area contributed by atoms with Gasteiger partial charge in [-0.05, 0) is 43.7 Å². The van der Waals surface area contributed by atoms with E-state index in [1.807, 2.05) is 25.1 Å². The first-order chi connectivity index (χ1) is 7.58. The standard InChI is InChI=1S/C13H14BrNO/c1-8-3-4-10(11(14)7-8)13-6-5-12(16-13)9(2)15/h3-7,9H,15H2,1-2H3. The Morgan fingerprint density at radius 3 is 2.56 bits per heavy atom. The maximum atomic E-state index is 5.76. The SMILES string of the molecule is Cc1ccc(-c2ccc(C(C)N)o2)c(Br)c1. The zero-order valence-corrected chi connectivity index (χ0v) is 10.9. The molecule has 2 N–H and O–H groups in total. The normalized spacial score (nSPS) is 12.8. The van der Waals surface area contributed by atoms with E-state index in [-0.39, 0.29) is 6.04 Å². The molecule has 0 aliphatic carbocycles. The molecule has 0 bridgehead atoms. The first kappa shape index (κ1) is 11.4. The molecule has 2 aromatic rings. The van der Waals surface area contributed by atoms with Crippen LogP contribution in [0.15, 0.2) is 39.2 Å². The molecule has 1 aromatic carbocycles. The Balaban J connectivity index is 2.42. The summed E-state index contributed by atoms with van der Waals surface area (Å²) in [5, 5.41) is 0. The lowest BCUT2D eigenvalue weighted by molar-refractivity contribution is 0.491. The van der Waals surface area contributed by atoms with Crippen LogP contribution in [-0.4, -0.2) is 0 Å². The van der Waals surface area contributed by atoms with Crippen molar-refractivity contribution in [1.29, 1.82) is 0 Å². The minimum atomic E-state index is -0.0713. The molecule has 0 aliphatic rings. The van der Waals surface area contributed by atoms with E-state index < -0.39 is 0 Å². The topological polar surface area (TPSA) is 39.2 Å². The minimum absolute atomic E-state index is 0.0713. The number of rotatable bonds is 2. The van der Waals surface area contributed by atoms with Gasteiger partial charge in [-0.15, -0.1) is 0 Å². The van der Waals surface area contributed by atoms with Gasteiger partial charge in [0, 0.05) is 10.0 Å². The van der Waals surface area contributed by atoms with Crippen molar-refractivity contribution >= 4 is 15.9 Å². The number of hydrogen-bond donors (Lipinski definition) is 1. The predicted octanol–water partition coefficient (Wildman–Crippen LogP) is 4.04. The number of nitrogens with two attached hydrogens (primary N) is 1. The largest absolute Gasteiger partial charge is 0.459 e. The molecule has 0 fully saturated rings. The van der Waals surface area contributed by atoms with Gasteiger partial charge >= 0.3 is 0 Å². The van der Waals surface area contributed by atoms with Crippen LogP contribution in [0.2, 0.25) is 0 Å². The first-order valence-corrected chi connectivity index (χ1v) is 5.99. The summed E-state index contributed by atoms with van der Waals surface area (Å²) < 4.78 is 6.74. The van der Waals surface area contributed by atoms with Crippen molar-refractivity contribution in [3.8, 4) is 11.3 Å². The van der Waals surface area contributed by atoms with Gasteiger partial charge in [0.1, 0.15) is 11.5 Å². The zero-order valence-electron chi connectivity index (χ0n) is 9.33. The number of hydrogen-bond acceptors (Lipinski definition) is 2. The van der Waals surface area contributed by atoms with E-state index >= 15 is 0 Å². The molecule has 0 saturated heterocycles. The summed E-state index contributed by atoms with van der Waals surface area (Å²) in [7, 11) is 0. The molecule has 1 unspecified atom stereocenters. The van der Waals surface area contributed by atoms with Gasteiger partial charge in [-0.2, -0.15) is 0 Å². The molecule has 0 radical (unpaired) electrons. The van der Waals surface area contributed by atoms with Gasteiger partial charge in [0.05, 0.1) is 6.04 Å². The fourth-order valence-corrected chi connectivity index (χ4v) is 2.25. The molecule has 0 saturated carbocycles. The molecule has 0 aliphatic heterocycles. The van der Waals surface area contributed by atoms with E-state index in [1.165, 1.54) is 5.56 Å². The Morgan fingerprint density at radius 1 is 1.25 bits per heavy atom. The van der Waals surface area contributed by atoms with Gasteiger partial charge in [0.2, 0.25) is 0 Å². The second-order valence-electron chi connectivity index (χ2n) is 3.97. The summed E-state index contributed by atoms with van der Waals surface area (Å²) in [5.74, 6) is 1.65. The van der Waals surface area contributed by atoms with Crippen molar-refractivity contribution in [3.05, 3.63) is 46.1 Å². The van der Waals surface area contributed by atoms with Crippen molar-refractivity contribution < 1.29 is 4.42 Å². The lowest BCUT2D eigenvalue weighted by atomic mass is 10.1. The molecular formula is C13H14BrNO. The Labute approximate surface area is 104 Å². The Bertz CT molecular complexity index is 502. The summed E-state index contributed by atoms with van der Waals surface area (Å²) in [4.78, 5) is 0. The maximum Gasteiger partial charge on any atom is 0.135 e. The predicted molar refractivity (Wildman–Crippen MR) is 69.2 cm³/mol. The van der Waals surface area contributed by atoms with Gasteiger partial charge in [-0.1, -0.05) is 22.0 Å². The summed E-state index contributed by atoms with van der Waals surface area (Å²) in [6.45, 7) is 3.97. The van der Waals surface area contributed by atoms with E-state index in [9.17, 15) is 0 Å². The lowest BCUT2D eigenvalue weighted by Crippen LogP contribution is -2.02. The van der Waals surface area contributed by atoms with E-state index in [2.05, 4.69) is 35.0 Å². The molecule has 2 nitrogen and oxygen atoms in total. The first-order valence-electron chi connectivity index (χ1n) is 5.20. The van der Waals surface area contributed by atoms with Crippen LogP contribution >= 0.6 is 15.9 Å². The maximum absolute atomic E-state index is 5.76. The van der Waals surface area contributed by atoms with Crippen molar-refractivity contribution in [2.75, 3.05) is 0 Å². The van der Waals surface area contributed by atoms with Gasteiger partial charge in [0.25, 0.3) is 0 Å². The number of halogens is 1. The highest BCUT2D eigenvalue weighted by molar-refractivity contribution is 9.10. The third-order valence-electron chi connectivity index (χ3n) is 2.47. The third-order valence-corrected chi connectivity index (χ3v) is 3.12. The summed E-state index contributed by atoms with van der Waals surface area (Å²) in [6, 6.07) is 9.99. The molecule has 2 rings (SSSR count). The van der Waals surface area contributed by atoms with Gasteiger partial charge in [-0.3, -0.25) is 0 Å². The lowest BCUT2D eigenvalue weighted by Gasteiger charge is -2.03. The zero-order chi connectivity index (χ0) is 11.7. The smallest absolute Gasteiger partial charge is 0.135 e. The summed E-state index contributed by atoms with van der Waals surface area (Å²) >= 11 is 3.54. The van der Waals surface area contributed by atoms with Crippen LogP contribution in [0.25, 0.3) is 11.3 Å². The second-order valence-corrected chi connectivity index (χ2v) is 4.83. The molecule has 1 atom stereocenters. The van der Waals surface area contributed by atoms with Crippen LogP contribution in [0, 0.1) is 6.92 Å². The number of furan rings is 1. The Hall–Kier alpha value is -1.06. The van der Waals surface area contributed by atoms with Crippen LogP contribution in [0.5, 0.6) is 0 Å². The van der Waals surface area contributed by atoms with Crippen LogP contribution in [-0.2, 0) is 0 Å². The highest BCUT2D eigenvalue weighted by atomic mass is 79.9. The van der Waals surface area contributed by atoms with Crippen molar-refractivity contribution in [1.82, 2.24) is 0 Å². The monoisotopic (exact) mass is 279 g/mol. The minimum Gasteiger partial charge on any atom is -0.459 e. The highest BCUT2D eigenvalue weighted by Gasteiger charge is 2.10. The van der Waals surface area contributed by atoms with E-state index in [1.54, 1.807) is 0 Å². The van der Waals surface area contributed by atoms with Gasteiger partial charge in [0.15, 0.2) is 0 Å². The van der Waals surface area contributed by atoms with Gasteiger partial charge in [-0.25, -0.2) is 0 Å².